The van der Waals surface area contributed by atoms with E-state index in [1.807, 2.05) is 6.92 Å². The zero-order chi connectivity index (χ0) is 13.0. The highest BCUT2D eigenvalue weighted by Gasteiger charge is 2.15. The summed E-state index contributed by atoms with van der Waals surface area (Å²) in [5, 5.41) is 0. The van der Waals surface area contributed by atoms with Crippen LogP contribution in [0.4, 0.5) is 0 Å². The number of aromatic nitrogens is 1. The monoisotopic (exact) mass is 237 g/mol. The number of H-pyrrole nitrogens is 1. The molecular formula is C12H19N3O2. The molecule has 1 rings (SSSR count). The Morgan fingerprint density at radius 3 is 2.76 bits per heavy atom. The number of hydrogen-bond acceptors (Lipinski definition) is 3. The molecule has 0 aliphatic rings. The molecular weight excluding hydrogens is 218 g/mol. The van der Waals surface area contributed by atoms with Crippen molar-refractivity contribution in [2.24, 2.45) is 5.73 Å². The zero-order valence-corrected chi connectivity index (χ0v) is 10.5. The van der Waals surface area contributed by atoms with Crippen LogP contribution in [0.5, 0.6) is 0 Å². The number of nitrogens with zero attached hydrogens (tertiary/aromatic N) is 1. The second kappa shape index (κ2) is 5.63. The van der Waals surface area contributed by atoms with Gasteiger partial charge >= 0.3 is 0 Å². The van der Waals surface area contributed by atoms with Crippen molar-refractivity contribution in [3.05, 3.63) is 33.7 Å². The van der Waals surface area contributed by atoms with E-state index < -0.39 is 0 Å². The Labute approximate surface area is 101 Å². The maximum Gasteiger partial charge on any atom is 0.259 e. The topological polar surface area (TPSA) is 79.2 Å². The van der Waals surface area contributed by atoms with E-state index in [0.717, 1.165) is 5.69 Å². The Balaban J connectivity index is 2.78. The van der Waals surface area contributed by atoms with Gasteiger partial charge in [-0.25, -0.2) is 0 Å². The third-order valence-corrected chi connectivity index (χ3v) is 2.55. The molecule has 0 radical (unpaired) electrons. The summed E-state index contributed by atoms with van der Waals surface area (Å²) in [6.45, 7) is 4.20. The maximum absolute atomic E-state index is 12.0. The summed E-state index contributed by atoms with van der Waals surface area (Å²) >= 11 is 0. The Kier molecular flexibility index (Phi) is 4.45. The van der Waals surface area contributed by atoms with Crippen molar-refractivity contribution in [3.63, 3.8) is 0 Å². The molecule has 0 bridgehead atoms. The van der Waals surface area contributed by atoms with E-state index in [2.05, 4.69) is 4.98 Å². The summed E-state index contributed by atoms with van der Waals surface area (Å²) in [7, 11) is 1.67. The highest BCUT2D eigenvalue weighted by molar-refractivity contribution is 5.93. The van der Waals surface area contributed by atoms with Gasteiger partial charge < -0.3 is 15.6 Å². The molecule has 5 nitrogen and oxygen atoms in total. The molecule has 3 N–H and O–H groups in total. The van der Waals surface area contributed by atoms with E-state index in [-0.39, 0.29) is 22.9 Å². The molecule has 5 heteroatoms. The van der Waals surface area contributed by atoms with Crippen LogP contribution < -0.4 is 11.2 Å². The summed E-state index contributed by atoms with van der Waals surface area (Å²) < 4.78 is 0. The van der Waals surface area contributed by atoms with Gasteiger partial charge in [0, 0.05) is 37.6 Å². The van der Waals surface area contributed by atoms with E-state index >= 15 is 0 Å². The van der Waals surface area contributed by atoms with Crippen molar-refractivity contribution < 1.29 is 4.79 Å². The molecule has 0 aliphatic heterocycles. The fourth-order valence-corrected chi connectivity index (χ4v) is 1.44. The number of rotatable bonds is 4. The lowest BCUT2D eigenvalue weighted by molar-refractivity contribution is 0.0790. The summed E-state index contributed by atoms with van der Waals surface area (Å²) in [6, 6.07) is 1.47. The molecule has 1 atom stereocenters. The van der Waals surface area contributed by atoms with Crippen LogP contribution in [-0.2, 0) is 0 Å². The molecule has 0 spiro atoms. The minimum absolute atomic E-state index is 0.0431. The molecule has 1 aromatic heterocycles. The second-order valence-electron chi connectivity index (χ2n) is 4.39. The summed E-state index contributed by atoms with van der Waals surface area (Å²) in [5.74, 6) is -0.271. The van der Waals surface area contributed by atoms with Crippen LogP contribution in [0.2, 0.25) is 0 Å². The molecule has 94 valence electrons. The van der Waals surface area contributed by atoms with Crippen LogP contribution in [-0.4, -0.2) is 35.4 Å². The Bertz CT molecular complexity index is 451. The van der Waals surface area contributed by atoms with Gasteiger partial charge in [0.1, 0.15) is 5.56 Å². The van der Waals surface area contributed by atoms with Crippen LogP contribution in [0.1, 0.15) is 29.4 Å². The smallest absolute Gasteiger partial charge is 0.259 e. The first kappa shape index (κ1) is 13.4. The number of hydrogen-bond donors (Lipinski definition) is 2. The molecule has 1 aromatic rings. The van der Waals surface area contributed by atoms with Gasteiger partial charge in [0.25, 0.3) is 5.91 Å². The van der Waals surface area contributed by atoms with Gasteiger partial charge in [-0.3, -0.25) is 9.59 Å². The number of carbonyl (C=O) groups is 1. The first-order valence-electron chi connectivity index (χ1n) is 5.62. The molecule has 17 heavy (non-hydrogen) atoms. The van der Waals surface area contributed by atoms with Gasteiger partial charge in [-0.2, -0.15) is 0 Å². The molecule has 0 saturated heterocycles. The van der Waals surface area contributed by atoms with Crippen LogP contribution in [0.15, 0.2) is 17.1 Å². The maximum atomic E-state index is 12.0. The quantitative estimate of drug-likeness (QED) is 0.800. The summed E-state index contributed by atoms with van der Waals surface area (Å²) in [4.78, 5) is 28.0. The summed E-state index contributed by atoms with van der Waals surface area (Å²) in [6.07, 6.45) is 2.17. The predicted molar refractivity (Wildman–Crippen MR) is 67.0 cm³/mol. The highest BCUT2D eigenvalue weighted by Crippen LogP contribution is 2.00. The average Bonchev–Trinajstić information content (AvgIpc) is 2.25. The average molecular weight is 237 g/mol. The second-order valence-corrected chi connectivity index (χ2v) is 4.39. The standard InChI is InChI=1S/C12H19N3O2/c1-8(13)4-5-15(3)12(17)10-7-14-9(2)6-11(10)16/h6-8H,4-5,13H2,1-3H3,(H,14,16). The largest absolute Gasteiger partial charge is 0.364 e. The van der Waals surface area contributed by atoms with Gasteiger partial charge in [-0.05, 0) is 20.3 Å². The van der Waals surface area contributed by atoms with E-state index in [1.165, 1.54) is 17.2 Å². The van der Waals surface area contributed by atoms with Gasteiger partial charge in [-0.1, -0.05) is 0 Å². The molecule has 0 saturated carbocycles. The third-order valence-electron chi connectivity index (χ3n) is 2.55. The first-order chi connectivity index (χ1) is 7.91. The van der Waals surface area contributed by atoms with E-state index in [0.29, 0.717) is 13.0 Å². The number of aromatic amines is 1. The van der Waals surface area contributed by atoms with Gasteiger partial charge in [0.05, 0.1) is 0 Å². The molecule has 0 aromatic carbocycles. The number of nitrogens with one attached hydrogen (secondary N) is 1. The van der Waals surface area contributed by atoms with Crippen molar-refractivity contribution in [1.29, 1.82) is 0 Å². The Morgan fingerprint density at radius 1 is 1.59 bits per heavy atom. The van der Waals surface area contributed by atoms with Crippen LogP contribution >= 0.6 is 0 Å². The number of aryl methyl sites for hydroxylation is 1. The molecule has 1 unspecified atom stereocenters. The SMILES string of the molecule is Cc1cc(=O)c(C(=O)N(C)CCC(C)N)c[nH]1. The van der Waals surface area contributed by atoms with Crippen molar-refractivity contribution in [2.75, 3.05) is 13.6 Å². The first-order valence-corrected chi connectivity index (χ1v) is 5.62. The minimum Gasteiger partial charge on any atom is -0.364 e. The number of carbonyl (C=O) groups excluding carboxylic acids is 1. The fraction of sp³-hybridized carbons (Fsp3) is 0.500. The van der Waals surface area contributed by atoms with Crippen molar-refractivity contribution in [1.82, 2.24) is 9.88 Å². The Morgan fingerprint density at radius 2 is 2.24 bits per heavy atom. The van der Waals surface area contributed by atoms with Gasteiger partial charge in [-0.15, -0.1) is 0 Å². The van der Waals surface area contributed by atoms with E-state index in [1.54, 1.807) is 14.0 Å². The number of amides is 1. The van der Waals surface area contributed by atoms with Gasteiger partial charge in [0.15, 0.2) is 5.43 Å². The fourth-order valence-electron chi connectivity index (χ4n) is 1.44. The van der Waals surface area contributed by atoms with Crippen molar-refractivity contribution in [2.45, 2.75) is 26.3 Å². The predicted octanol–water partition coefficient (Wildman–Crippen LogP) is 0.493. The lowest BCUT2D eigenvalue weighted by Gasteiger charge is -2.17. The molecule has 0 fully saturated rings. The van der Waals surface area contributed by atoms with Gasteiger partial charge in [0.2, 0.25) is 0 Å². The van der Waals surface area contributed by atoms with Crippen LogP contribution in [0.25, 0.3) is 0 Å². The van der Waals surface area contributed by atoms with E-state index in [9.17, 15) is 9.59 Å². The Hall–Kier alpha value is -1.62. The molecule has 1 amide bonds. The van der Waals surface area contributed by atoms with Crippen LogP contribution in [0, 0.1) is 6.92 Å². The lowest BCUT2D eigenvalue weighted by atomic mass is 10.2. The minimum atomic E-state index is -0.271. The molecule has 1 heterocycles. The highest BCUT2D eigenvalue weighted by atomic mass is 16.2. The van der Waals surface area contributed by atoms with E-state index in [4.69, 9.17) is 5.73 Å². The normalized spacial score (nSPS) is 12.2. The molecule has 0 aliphatic carbocycles. The summed E-state index contributed by atoms with van der Waals surface area (Å²) in [5.41, 5.74) is 6.28. The van der Waals surface area contributed by atoms with Crippen molar-refractivity contribution >= 4 is 5.91 Å². The lowest BCUT2D eigenvalue weighted by Crippen LogP contribution is -2.34. The number of nitrogens with two attached hydrogens (primary N) is 1. The third kappa shape index (κ3) is 3.71. The van der Waals surface area contributed by atoms with Crippen molar-refractivity contribution in [3.8, 4) is 0 Å². The zero-order valence-electron chi connectivity index (χ0n) is 10.5. The van der Waals surface area contributed by atoms with Crippen LogP contribution in [0.3, 0.4) is 0 Å². The number of pyridine rings is 1.